The Morgan fingerprint density at radius 3 is 2.65 bits per heavy atom. The summed E-state index contributed by atoms with van der Waals surface area (Å²) in [5, 5.41) is 4.24. The van der Waals surface area contributed by atoms with Gasteiger partial charge < -0.3 is 14.4 Å². The van der Waals surface area contributed by atoms with Crippen LogP contribution in [0.1, 0.15) is 49.4 Å². The van der Waals surface area contributed by atoms with Crippen LogP contribution < -0.4 is 9.47 Å². The van der Waals surface area contributed by atoms with Crippen LogP contribution in [0.5, 0.6) is 11.5 Å². The van der Waals surface area contributed by atoms with Crippen molar-refractivity contribution in [3.05, 3.63) is 77.6 Å². The van der Waals surface area contributed by atoms with Gasteiger partial charge in [0.05, 0.1) is 13.2 Å². The number of rotatable bonds is 7. The second-order valence-electron chi connectivity index (χ2n) is 9.61. The van der Waals surface area contributed by atoms with Crippen molar-refractivity contribution in [1.29, 1.82) is 0 Å². The van der Waals surface area contributed by atoms with E-state index in [1.54, 1.807) is 6.20 Å². The minimum absolute atomic E-state index is 0.214. The molecule has 7 heteroatoms. The number of hydrogen-bond acceptors (Lipinski definition) is 5. The molecule has 2 aromatic carbocycles. The van der Waals surface area contributed by atoms with E-state index in [1.165, 1.54) is 5.56 Å². The number of ether oxygens (including phenoxy) is 2. The largest absolute Gasteiger partial charge is 0.490 e. The first-order valence-electron chi connectivity index (χ1n) is 13.5. The van der Waals surface area contributed by atoms with Crippen molar-refractivity contribution >= 4 is 5.91 Å². The normalized spacial score (nSPS) is 15.6. The average Bonchev–Trinajstić information content (AvgIpc) is 3.32. The third kappa shape index (κ3) is 7.83. The lowest BCUT2D eigenvalue weighted by atomic mass is 10.1. The van der Waals surface area contributed by atoms with Crippen molar-refractivity contribution in [2.24, 2.45) is 7.05 Å². The number of aromatic nitrogens is 2. The Labute approximate surface area is 221 Å². The van der Waals surface area contributed by atoms with E-state index < -0.39 is 0 Å². The van der Waals surface area contributed by atoms with E-state index in [2.05, 4.69) is 45.2 Å². The number of hydrogen-bond donors (Lipinski definition) is 0. The van der Waals surface area contributed by atoms with Gasteiger partial charge in [-0.15, -0.1) is 0 Å². The average molecular weight is 505 g/mol. The molecule has 1 aliphatic rings. The van der Waals surface area contributed by atoms with E-state index in [4.69, 9.17) is 9.47 Å². The van der Waals surface area contributed by atoms with Crippen LogP contribution in [0.2, 0.25) is 0 Å². The van der Waals surface area contributed by atoms with Crippen molar-refractivity contribution in [3.8, 4) is 11.5 Å². The maximum Gasteiger partial charge on any atom is 0.223 e. The fourth-order valence-electron chi connectivity index (χ4n) is 4.83. The van der Waals surface area contributed by atoms with Crippen LogP contribution in [-0.2, 0) is 31.4 Å². The number of para-hydroxylation sites is 1. The van der Waals surface area contributed by atoms with Crippen molar-refractivity contribution in [2.75, 3.05) is 32.8 Å². The molecule has 0 spiro atoms. The fourth-order valence-corrected chi connectivity index (χ4v) is 4.83. The number of aryl methyl sites for hydroxylation is 2. The van der Waals surface area contributed by atoms with Crippen LogP contribution in [0.15, 0.2) is 60.8 Å². The lowest BCUT2D eigenvalue weighted by Gasteiger charge is -2.28. The molecule has 0 unspecified atom stereocenters. The van der Waals surface area contributed by atoms with Gasteiger partial charge in [-0.1, -0.05) is 42.5 Å². The van der Waals surface area contributed by atoms with E-state index in [1.807, 2.05) is 42.9 Å². The second kappa shape index (κ2) is 13.8. The summed E-state index contributed by atoms with van der Waals surface area (Å²) in [5.74, 6) is 1.87. The van der Waals surface area contributed by atoms with Gasteiger partial charge in [0.2, 0.25) is 5.91 Å². The molecule has 0 aliphatic carbocycles. The Hall–Kier alpha value is -3.32. The van der Waals surface area contributed by atoms with Crippen LogP contribution in [0.3, 0.4) is 0 Å². The number of fused-ring (bicyclic) bond motifs is 1. The third-order valence-electron chi connectivity index (χ3n) is 6.88. The lowest BCUT2D eigenvalue weighted by Crippen LogP contribution is -2.39. The predicted molar refractivity (Wildman–Crippen MR) is 146 cm³/mol. The van der Waals surface area contributed by atoms with Crippen LogP contribution in [0, 0.1) is 0 Å². The molecule has 3 aromatic rings. The monoisotopic (exact) mass is 504 g/mol. The Bertz CT molecular complexity index is 1120. The first-order chi connectivity index (χ1) is 18.1. The highest BCUT2D eigenvalue weighted by atomic mass is 16.5. The number of amides is 1. The topological polar surface area (TPSA) is 59.8 Å². The molecule has 0 saturated carbocycles. The van der Waals surface area contributed by atoms with Crippen molar-refractivity contribution in [3.63, 3.8) is 0 Å². The van der Waals surface area contributed by atoms with Gasteiger partial charge in [-0.05, 0) is 50.3 Å². The number of carbonyl (C=O) groups excluding carboxylic acids is 1. The molecule has 1 aromatic heterocycles. The Morgan fingerprint density at radius 1 is 1.00 bits per heavy atom. The highest BCUT2D eigenvalue weighted by Crippen LogP contribution is 2.33. The minimum atomic E-state index is 0.214. The molecule has 4 rings (SSSR count). The summed E-state index contributed by atoms with van der Waals surface area (Å²) in [6, 6.07) is 18.7. The second-order valence-corrected chi connectivity index (χ2v) is 9.61. The third-order valence-corrected chi connectivity index (χ3v) is 6.88. The zero-order chi connectivity index (χ0) is 25.9. The number of benzene rings is 2. The number of nitrogens with zero attached hydrogens (tertiary/aromatic N) is 4. The summed E-state index contributed by atoms with van der Waals surface area (Å²) >= 11 is 0. The molecule has 2 heterocycles. The van der Waals surface area contributed by atoms with Crippen molar-refractivity contribution in [1.82, 2.24) is 19.6 Å². The predicted octanol–water partition coefficient (Wildman–Crippen LogP) is 4.85. The Morgan fingerprint density at radius 2 is 1.86 bits per heavy atom. The summed E-state index contributed by atoms with van der Waals surface area (Å²) in [7, 11) is 1.93. The van der Waals surface area contributed by atoms with E-state index in [-0.39, 0.29) is 5.91 Å². The first kappa shape index (κ1) is 26.7. The van der Waals surface area contributed by atoms with Gasteiger partial charge in [-0.2, -0.15) is 5.10 Å². The summed E-state index contributed by atoms with van der Waals surface area (Å²) in [5.41, 5.74) is 3.46. The van der Waals surface area contributed by atoms with E-state index in [0.29, 0.717) is 32.6 Å². The summed E-state index contributed by atoms with van der Waals surface area (Å²) in [4.78, 5) is 17.8. The zero-order valence-corrected chi connectivity index (χ0v) is 22.3. The maximum atomic E-state index is 13.3. The zero-order valence-electron chi connectivity index (χ0n) is 22.3. The molecular formula is C30H40N4O3. The van der Waals surface area contributed by atoms with Crippen LogP contribution >= 0.6 is 0 Å². The van der Waals surface area contributed by atoms with E-state index >= 15 is 0 Å². The van der Waals surface area contributed by atoms with Crippen LogP contribution in [-0.4, -0.2) is 58.3 Å². The smallest absolute Gasteiger partial charge is 0.223 e. The van der Waals surface area contributed by atoms with E-state index in [0.717, 1.165) is 68.2 Å². The highest BCUT2D eigenvalue weighted by molar-refractivity contribution is 5.76. The minimum Gasteiger partial charge on any atom is -0.490 e. The Balaban J connectivity index is 1.53. The first-order valence-corrected chi connectivity index (χ1v) is 13.5. The number of carbonyl (C=O) groups is 1. The molecule has 198 valence electrons. The van der Waals surface area contributed by atoms with Crippen molar-refractivity contribution < 1.29 is 14.3 Å². The molecule has 0 N–H and O–H groups in total. The van der Waals surface area contributed by atoms with Crippen LogP contribution in [0.4, 0.5) is 0 Å². The Kier molecular flexibility index (Phi) is 10.0. The summed E-state index contributed by atoms with van der Waals surface area (Å²) in [6.45, 7) is 7.04. The molecule has 0 atom stereocenters. The van der Waals surface area contributed by atoms with Gasteiger partial charge in [0, 0.05) is 63.6 Å². The van der Waals surface area contributed by atoms with Gasteiger partial charge in [0.1, 0.15) is 0 Å². The summed E-state index contributed by atoms with van der Waals surface area (Å²) < 4.78 is 14.1. The SMILES string of the molecule is CCOc1cccc2c1OCCCCCN(C(=O)CCc1ccnn1C)CCN(Cc1ccccc1)C2. The molecule has 0 bridgehead atoms. The quantitative estimate of drug-likeness (QED) is 0.461. The maximum absolute atomic E-state index is 13.3. The van der Waals surface area contributed by atoms with Gasteiger partial charge in [-0.3, -0.25) is 14.4 Å². The molecular weight excluding hydrogens is 464 g/mol. The lowest BCUT2D eigenvalue weighted by molar-refractivity contribution is -0.131. The highest BCUT2D eigenvalue weighted by Gasteiger charge is 2.19. The van der Waals surface area contributed by atoms with Gasteiger partial charge in [0.15, 0.2) is 11.5 Å². The van der Waals surface area contributed by atoms with Crippen molar-refractivity contribution in [2.45, 2.75) is 52.1 Å². The van der Waals surface area contributed by atoms with E-state index in [9.17, 15) is 4.79 Å². The standard InChI is InChI=1S/C30H40N4O3/c1-3-36-28-14-10-13-26-24-33(23-25-11-6-4-7-12-25)20-21-34(19-8-5-9-22-37-30(26)28)29(35)16-15-27-17-18-31-32(27)2/h4,6-7,10-14,17-18H,3,5,8-9,15-16,19-24H2,1-2H3. The molecule has 7 nitrogen and oxygen atoms in total. The molecule has 1 amide bonds. The van der Waals surface area contributed by atoms with Gasteiger partial charge >= 0.3 is 0 Å². The molecule has 0 saturated heterocycles. The summed E-state index contributed by atoms with van der Waals surface area (Å²) in [6.07, 6.45) is 5.94. The molecule has 0 radical (unpaired) electrons. The van der Waals surface area contributed by atoms with Gasteiger partial charge in [0.25, 0.3) is 0 Å². The fraction of sp³-hybridized carbons (Fsp3) is 0.467. The molecule has 0 fully saturated rings. The molecule has 1 aliphatic heterocycles. The van der Waals surface area contributed by atoms with Crippen LogP contribution in [0.25, 0.3) is 0 Å². The van der Waals surface area contributed by atoms with Gasteiger partial charge in [-0.25, -0.2) is 0 Å². The molecule has 37 heavy (non-hydrogen) atoms.